The number of carbonyl (C=O) groups excluding carboxylic acids is 1. The molecule has 164 valence electrons. The second-order valence-electron chi connectivity index (χ2n) is 6.90. The second kappa shape index (κ2) is 9.84. The molecule has 0 saturated carbocycles. The molecule has 0 bridgehead atoms. The van der Waals surface area contributed by atoms with Gasteiger partial charge >= 0.3 is 6.09 Å². The molecule has 0 atom stereocenters. The Labute approximate surface area is 188 Å². The number of hydrogen-bond acceptors (Lipinski definition) is 6. The van der Waals surface area contributed by atoms with Crippen molar-refractivity contribution >= 4 is 46.5 Å². The van der Waals surface area contributed by atoms with E-state index in [0.717, 1.165) is 17.4 Å². The molecule has 3 N–H and O–H groups in total. The van der Waals surface area contributed by atoms with Gasteiger partial charge in [-0.2, -0.15) is 0 Å². The van der Waals surface area contributed by atoms with E-state index in [9.17, 15) is 19.7 Å². The minimum absolute atomic E-state index is 0.150. The number of anilines is 3. The second-order valence-corrected chi connectivity index (χ2v) is 8.01. The maximum atomic E-state index is 12.6. The van der Waals surface area contributed by atoms with Crippen molar-refractivity contribution in [3.63, 3.8) is 0 Å². The van der Waals surface area contributed by atoms with Gasteiger partial charge in [0.1, 0.15) is 0 Å². The molecule has 0 aliphatic heterocycles. The fourth-order valence-electron chi connectivity index (χ4n) is 2.81. The first-order valence-electron chi connectivity index (χ1n) is 9.38. The Morgan fingerprint density at radius 1 is 0.969 bits per heavy atom. The molecule has 0 aliphatic rings. The summed E-state index contributed by atoms with van der Waals surface area (Å²) in [6, 6.07) is 18.0. The highest BCUT2D eigenvalue weighted by Gasteiger charge is 2.17. The predicted octanol–water partition coefficient (Wildman–Crippen LogP) is 5.15. The summed E-state index contributed by atoms with van der Waals surface area (Å²) in [5, 5.41) is 25.3. The fourth-order valence-corrected chi connectivity index (χ4v) is 3.71. The Morgan fingerprint density at radius 2 is 1.66 bits per heavy atom. The van der Waals surface area contributed by atoms with Crippen LogP contribution in [0.3, 0.4) is 0 Å². The number of carboxylic acid groups (broad SMARTS) is 1. The highest BCUT2D eigenvalue weighted by molar-refractivity contribution is 7.99. The summed E-state index contributed by atoms with van der Waals surface area (Å²) in [4.78, 5) is 37.4. The third-order valence-corrected chi connectivity index (χ3v) is 5.44. The SMILES string of the molecule is CN(C)c1cccc(C(=O)Nc2ccc(Sc3ccc(NC(=O)O)cc3)c([N+](=O)[O-])c2)c1. The highest BCUT2D eigenvalue weighted by atomic mass is 32.2. The van der Waals surface area contributed by atoms with Gasteiger partial charge in [-0.1, -0.05) is 17.8 Å². The Bertz CT molecular complexity index is 1170. The first-order chi connectivity index (χ1) is 15.2. The molecule has 0 radical (unpaired) electrons. The van der Waals surface area contributed by atoms with Crippen molar-refractivity contribution in [1.82, 2.24) is 0 Å². The zero-order chi connectivity index (χ0) is 23.3. The number of rotatable bonds is 7. The van der Waals surface area contributed by atoms with Gasteiger partial charge in [-0.05, 0) is 54.6 Å². The molecule has 9 nitrogen and oxygen atoms in total. The molecule has 3 aromatic rings. The van der Waals surface area contributed by atoms with Gasteiger partial charge in [0.2, 0.25) is 0 Å². The minimum Gasteiger partial charge on any atom is -0.465 e. The molecule has 0 saturated heterocycles. The van der Waals surface area contributed by atoms with E-state index in [4.69, 9.17) is 5.11 Å². The lowest BCUT2D eigenvalue weighted by molar-refractivity contribution is -0.387. The number of nitrogens with zero attached hydrogens (tertiary/aromatic N) is 2. The normalized spacial score (nSPS) is 10.3. The van der Waals surface area contributed by atoms with Gasteiger partial charge in [0.25, 0.3) is 11.6 Å². The van der Waals surface area contributed by atoms with Crippen LogP contribution < -0.4 is 15.5 Å². The van der Waals surface area contributed by atoms with E-state index in [1.54, 1.807) is 54.6 Å². The van der Waals surface area contributed by atoms with Crippen molar-refractivity contribution in [2.45, 2.75) is 9.79 Å². The summed E-state index contributed by atoms with van der Waals surface area (Å²) in [5.74, 6) is -0.370. The molecular formula is C22H20N4O5S. The molecule has 0 spiro atoms. The van der Waals surface area contributed by atoms with Gasteiger partial charge in [-0.3, -0.25) is 20.2 Å². The van der Waals surface area contributed by atoms with E-state index >= 15 is 0 Å². The molecule has 0 heterocycles. The lowest BCUT2D eigenvalue weighted by Gasteiger charge is -2.13. The fraction of sp³-hybridized carbons (Fsp3) is 0.0909. The number of benzene rings is 3. The molecule has 32 heavy (non-hydrogen) atoms. The van der Waals surface area contributed by atoms with Crippen LogP contribution in [0.5, 0.6) is 0 Å². The number of nitro benzene ring substituents is 1. The van der Waals surface area contributed by atoms with Crippen molar-refractivity contribution in [2.24, 2.45) is 0 Å². The van der Waals surface area contributed by atoms with Crippen LogP contribution in [-0.4, -0.2) is 36.1 Å². The quantitative estimate of drug-likeness (QED) is 0.334. The molecular weight excluding hydrogens is 432 g/mol. The largest absolute Gasteiger partial charge is 0.465 e. The topological polar surface area (TPSA) is 125 Å². The molecule has 0 aliphatic carbocycles. The van der Waals surface area contributed by atoms with E-state index in [1.165, 1.54) is 6.07 Å². The Balaban J connectivity index is 1.78. The van der Waals surface area contributed by atoms with Crippen LogP contribution in [0, 0.1) is 10.1 Å². The van der Waals surface area contributed by atoms with Crippen molar-refractivity contribution in [3.8, 4) is 0 Å². The molecule has 3 aromatic carbocycles. The summed E-state index contributed by atoms with van der Waals surface area (Å²) >= 11 is 1.16. The maximum Gasteiger partial charge on any atom is 0.409 e. The maximum absolute atomic E-state index is 12.6. The van der Waals surface area contributed by atoms with Crippen LogP contribution >= 0.6 is 11.8 Å². The van der Waals surface area contributed by atoms with Crippen molar-refractivity contribution in [1.29, 1.82) is 0 Å². The molecule has 0 unspecified atom stereocenters. The van der Waals surface area contributed by atoms with Crippen LogP contribution in [0.2, 0.25) is 0 Å². The van der Waals surface area contributed by atoms with Gasteiger partial charge in [0, 0.05) is 47.7 Å². The van der Waals surface area contributed by atoms with Crippen LogP contribution in [0.4, 0.5) is 27.5 Å². The Hall–Kier alpha value is -4.05. The zero-order valence-corrected chi connectivity index (χ0v) is 18.1. The number of amides is 2. The standard InChI is InChI=1S/C22H20N4O5S/c1-25(2)17-5-3-4-14(12-17)21(27)23-16-8-11-20(19(13-16)26(30)31)32-18-9-6-15(7-10-18)24-22(28)29/h3-13,24H,1-2H3,(H,23,27)(H,28,29). The third kappa shape index (κ3) is 5.76. The summed E-state index contributed by atoms with van der Waals surface area (Å²) in [7, 11) is 3.74. The zero-order valence-electron chi connectivity index (χ0n) is 17.2. The van der Waals surface area contributed by atoms with Gasteiger partial charge in [-0.15, -0.1) is 0 Å². The summed E-state index contributed by atoms with van der Waals surface area (Å²) in [6.45, 7) is 0. The molecule has 3 rings (SSSR count). The van der Waals surface area contributed by atoms with E-state index in [2.05, 4.69) is 10.6 Å². The predicted molar refractivity (Wildman–Crippen MR) is 124 cm³/mol. The average Bonchev–Trinajstić information content (AvgIpc) is 2.75. The van der Waals surface area contributed by atoms with Crippen LogP contribution in [-0.2, 0) is 0 Å². The van der Waals surface area contributed by atoms with Crippen LogP contribution in [0.25, 0.3) is 0 Å². The average molecular weight is 452 g/mol. The smallest absolute Gasteiger partial charge is 0.409 e. The summed E-state index contributed by atoms with van der Waals surface area (Å²) < 4.78 is 0. The monoisotopic (exact) mass is 452 g/mol. The van der Waals surface area contributed by atoms with E-state index in [-0.39, 0.29) is 11.6 Å². The number of carbonyl (C=O) groups is 2. The van der Waals surface area contributed by atoms with Crippen LogP contribution in [0.1, 0.15) is 10.4 Å². The van der Waals surface area contributed by atoms with E-state index in [0.29, 0.717) is 26.7 Å². The van der Waals surface area contributed by atoms with E-state index in [1.807, 2.05) is 25.1 Å². The lowest BCUT2D eigenvalue weighted by atomic mass is 10.1. The first kappa shape index (κ1) is 22.6. The van der Waals surface area contributed by atoms with Gasteiger partial charge in [-0.25, -0.2) is 4.79 Å². The van der Waals surface area contributed by atoms with Gasteiger partial charge < -0.3 is 15.3 Å². The molecule has 10 heteroatoms. The van der Waals surface area contributed by atoms with E-state index < -0.39 is 11.0 Å². The Morgan fingerprint density at radius 3 is 2.28 bits per heavy atom. The first-order valence-corrected chi connectivity index (χ1v) is 10.2. The molecule has 0 aromatic heterocycles. The molecule has 2 amide bonds. The number of nitrogens with one attached hydrogen (secondary N) is 2. The summed E-state index contributed by atoms with van der Waals surface area (Å²) in [5.41, 5.74) is 1.85. The molecule has 0 fully saturated rings. The minimum atomic E-state index is -1.17. The van der Waals surface area contributed by atoms with Gasteiger partial charge in [0.15, 0.2) is 0 Å². The van der Waals surface area contributed by atoms with Crippen LogP contribution in [0.15, 0.2) is 76.5 Å². The van der Waals surface area contributed by atoms with Gasteiger partial charge in [0.05, 0.1) is 9.82 Å². The summed E-state index contributed by atoms with van der Waals surface area (Å²) in [6.07, 6.45) is -1.17. The van der Waals surface area contributed by atoms with Crippen molar-refractivity contribution in [3.05, 3.63) is 82.4 Å². The Kier molecular flexibility index (Phi) is 6.96. The third-order valence-electron chi connectivity index (χ3n) is 4.37. The highest BCUT2D eigenvalue weighted by Crippen LogP contribution is 2.37. The number of nitro groups is 1. The van der Waals surface area contributed by atoms with Crippen molar-refractivity contribution in [2.75, 3.05) is 29.6 Å². The number of hydrogen-bond donors (Lipinski definition) is 3. The lowest BCUT2D eigenvalue weighted by Crippen LogP contribution is -2.14. The van der Waals surface area contributed by atoms with Crippen molar-refractivity contribution < 1.29 is 19.6 Å².